The summed E-state index contributed by atoms with van der Waals surface area (Å²) in [6, 6.07) is 6.57. The van der Waals surface area contributed by atoms with Crippen LogP contribution in [0, 0.1) is 0 Å². The second-order valence-corrected chi connectivity index (χ2v) is 9.51. The molecule has 32 heavy (non-hydrogen) atoms. The van der Waals surface area contributed by atoms with Crippen LogP contribution in [0.25, 0.3) is 0 Å². The van der Waals surface area contributed by atoms with E-state index in [4.69, 9.17) is 4.74 Å². The SMILES string of the molecule is CCN(C(=O)[C@@H](C)OC(=O)c1ccccc1SC[C@]1(C)NC(=O)NC1=O)C1CCCCC1. The molecule has 0 radical (unpaired) electrons. The predicted molar refractivity (Wildman–Crippen MR) is 121 cm³/mol. The fraction of sp³-hybridized carbons (Fsp3) is 0.565. The Balaban J connectivity index is 1.65. The summed E-state index contributed by atoms with van der Waals surface area (Å²) >= 11 is 1.27. The van der Waals surface area contributed by atoms with Crippen LogP contribution < -0.4 is 10.6 Å². The van der Waals surface area contributed by atoms with Gasteiger partial charge in [-0.15, -0.1) is 11.8 Å². The molecule has 1 aromatic rings. The standard InChI is InChI=1S/C23H31N3O5S/c1-4-26(16-10-6-5-7-11-16)19(27)15(2)31-20(28)17-12-8-9-13-18(17)32-14-23(3)21(29)24-22(30)25-23/h8-9,12-13,15-16H,4-7,10-11,14H2,1-3H3,(H2,24,25,29,30)/t15-,23+/m1/s1. The van der Waals surface area contributed by atoms with Crippen molar-refractivity contribution in [2.75, 3.05) is 12.3 Å². The quantitative estimate of drug-likeness (QED) is 0.350. The Kier molecular flexibility index (Phi) is 7.82. The molecule has 0 unspecified atom stereocenters. The van der Waals surface area contributed by atoms with Crippen molar-refractivity contribution in [3.63, 3.8) is 0 Å². The summed E-state index contributed by atoms with van der Waals surface area (Å²) in [5.74, 6) is -0.916. The summed E-state index contributed by atoms with van der Waals surface area (Å²) in [6.07, 6.45) is 4.52. The van der Waals surface area contributed by atoms with Gasteiger partial charge in [0.2, 0.25) is 0 Å². The van der Waals surface area contributed by atoms with Crippen molar-refractivity contribution >= 4 is 35.6 Å². The zero-order chi connectivity index (χ0) is 23.3. The third-order valence-corrected chi connectivity index (χ3v) is 7.40. The van der Waals surface area contributed by atoms with Gasteiger partial charge in [0.1, 0.15) is 5.54 Å². The number of carbonyl (C=O) groups excluding carboxylic acids is 4. The number of esters is 1. The number of hydrogen-bond acceptors (Lipinski definition) is 6. The van der Waals surface area contributed by atoms with Gasteiger partial charge in [-0.1, -0.05) is 31.4 Å². The van der Waals surface area contributed by atoms with E-state index < -0.39 is 29.6 Å². The van der Waals surface area contributed by atoms with E-state index in [0.717, 1.165) is 25.7 Å². The van der Waals surface area contributed by atoms with E-state index >= 15 is 0 Å². The Morgan fingerprint density at radius 3 is 2.53 bits per heavy atom. The van der Waals surface area contributed by atoms with Gasteiger partial charge in [0.25, 0.3) is 11.8 Å². The molecule has 2 atom stereocenters. The average molecular weight is 462 g/mol. The first-order valence-electron chi connectivity index (χ1n) is 11.1. The van der Waals surface area contributed by atoms with Gasteiger partial charge in [-0.25, -0.2) is 9.59 Å². The second-order valence-electron chi connectivity index (χ2n) is 8.49. The van der Waals surface area contributed by atoms with Gasteiger partial charge >= 0.3 is 12.0 Å². The Bertz CT molecular complexity index is 886. The number of thioether (sulfide) groups is 1. The lowest BCUT2D eigenvalue weighted by molar-refractivity contribution is -0.142. The predicted octanol–water partition coefficient (Wildman–Crippen LogP) is 3.10. The number of benzene rings is 1. The molecule has 1 aliphatic heterocycles. The minimum atomic E-state index is -1.07. The molecule has 174 valence electrons. The summed E-state index contributed by atoms with van der Waals surface area (Å²) < 4.78 is 5.56. The zero-order valence-corrected chi connectivity index (χ0v) is 19.6. The number of likely N-dealkylation sites (N-methyl/N-ethyl adjacent to an activating group) is 1. The first-order valence-corrected chi connectivity index (χ1v) is 12.1. The van der Waals surface area contributed by atoms with Crippen molar-refractivity contribution in [3.8, 4) is 0 Å². The van der Waals surface area contributed by atoms with E-state index in [0.29, 0.717) is 17.0 Å². The number of urea groups is 1. The summed E-state index contributed by atoms with van der Waals surface area (Å²) in [4.78, 5) is 51.9. The number of nitrogens with one attached hydrogen (secondary N) is 2. The van der Waals surface area contributed by atoms with Gasteiger partial charge in [-0.2, -0.15) is 0 Å². The van der Waals surface area contributed by atoms with Gasteiger partial charge in [0.15, 0.2) is 6.10 Å². The maximum Gasteiger partial charge on any atom is 0.340 e. The van der Waals surface area contributed by atoms with E-state index in [-0.39, 0.29) is 17.7 Å². The highest BCUT2D eigenvalue weighted by Crippen LogP contribution is 2.29. The van der Waals surface area contributed by atoms with Gasteiger partial charge < -0.3 is 15.0 Å². The molecule has 1 aliphatic carbocycles. The number of carbonyl (C=O) groups is 4. The van der Waals surface area contributed by atoms with Gasteiger partial charge in [0.05, 0.1) is 5.56 Å². The van der Waals surface area contributed by atoms with Crippen molar-refractivity contribution in [2.24, 2.45) is 0 Å². The highest BCUT2D eigenvalue weighted by molar-refractivity contribution is 7.99. The molecule has 1 saturated heterocycles. The minimum absolute atomic E-state index is 0.171. The molecular weight excluding hydrogens is 430 g/mol. The smallest absolute Gasteiger partial charge is 0.340 e. The molecule has 2 N–H and O–H groups in total. The van der Waals surface area contributed by atoms with E-state index in [1.165, 1.54) is 18.2 Å². The number of ether oxygens (including phenoxy) is 1. The number of amides is 4. The molecule has 0 bridgehead atoms. The number of hydrogen-bond donors (Lipinski definition) is 2. The van der Waals surface area contributed by atoms with Crippen LogP contribution in [-0.2, 0) is 14.3 Å². The van der Waals surface area contributed by atoms with Crippen LogP contribution >= 0.6 is 11.8 Å². The van der Waals surface area contributed by atoms with Crippen LogP contribution in [0.5, 0.6) is 0 Å². The molecule has 8 nitrogen and oxygen atoms in total. The summed E-state index contributed by atoms with van der Waals surface area (Å²) in [7, 11) is 0. The molecule has 2 aliphatic rings. The van der Waals surface area contributed by atoms with E-state index in [1.54, 1.807) is 38.1 Å². The second kappa shape index (κ2) is 10.4. The Labute approximate surface area is 192 Å². The molecule has 0 spiro atoms. The molecule has 2 fully saturated rings. The molecule has 4 amide bonds. The largest absolute Gasteiger partial charge is 0.449 e. The summed E-state index contributed by atoms with van der Waals surface area (Å²) in [5, 5.41) is 4.84. The highest BCUT2D eigenvalue weighted by Gasteiger charge is 2.42. The maximum atomic E-state index is 13.0. The lowest BCUT2D eigenvalue weighted by Crippen LogP contribution is -2.46. The maximum absolute atomic E-state index is 13.0. The molecule has 1 heterocycles. The average Bonchev–Trinajstić information content (AvgIpc) is 3.05. The third-order valence-electron chi connectivity index (χ3n) is 6.01. The number of imide groups is 1. The number of rotatable bonds is 8. The number of nitrogens with zero attached hydrogens (tertiary/aromatic N) is 1. The monoisotopic (exact) mass is 461 g/mol. The van der Waals surface area contributed by atoms with Crippen molar-refractivity contribution in [1.29, 1.82) is 0 Å². The molecule has 3 rings (SSSR count). The van der Waals surface area contributed by atoms with Crippen molar-refractivity contribution in [2.45, 2.75) is 75.5 Å². The van der Waals surface area contributed by atoms with Crippen LogP contribution in [0.3, 0.4) is 0 Å². The van der Waals surface area contributed by atoms with Gasteiger partial charge in [-0.3, -0.25) is 14.9 Å². The third kappa shape index (κ3) is 5.43. The first-order chi connectivity index (χ1) is 15.2. The fourth-order valence-corrected chi connectivity index (χ4v) is 5.29. The Hall–Kier alpha value is -2.55. The van der Waals surface area contributed by atoms with E-state index in [2.05, 4.69) is 10.6 Å². The Morgan fingerprint density at radius 2 is 1.91 bits per heavy atom. The summed E-state index contributed by atoms with van der Waals surface area (Å²) in [5.41, 5.74) is -0.741. The summed E-state index contributed by atoms with van der Waals surface area (Å²) in [6.45, 7) is 5.78. The lowest BCUT2D eigenvalue weighted by Gasteiger charge is -2.35. The van der Waals surface area contributed by atoms with Crippen LogP contribution in [0.4, 0.5) is 4.79 Å². The van der Waals surface area contributed by atoms with Crippen LogP contribution in [-0.4, -0.2) is 58.7 Å². The van der Waals surface area contributed by atoms with Crippen molar-refractivity contribution in [3.05, 3.63) is 29.8 Å². The topological polar surface area (TPSA) is 105 Å². The molecule has 1 saturated carbocycles. The molecule has 0 aromatic heterocycles. The van der Waals surface area contributed by atoms with Crippen LogP contribution in [0.1, 0.15) is 63.2 Å². The van der Waals surface area contributed by atoms with E-state index in [9.17, 15) is 19.2 Å². The normalized spacial score (nSPS) is 22.1. The fourth-order valence-electron chi connectivity index (χ4n) is 4.16. The van der Waals surface area contributed by atoms with Crippen molar-refractivity contribution in [1.82, 2.24) is 15.5 Å². The molecule has 9 heteroatoms. The van der Waals surface area contributed by atoms with Crippen LogP contribution in [0.2, 0.25) is 0 Å². The lowest BCUT2D eigenvalue weighted by atomic mass is 9.94. The van der Waals surface area contributed by atoms with Gasteiger partial charge in [-0.05, 0) is 45.7 Å². The molecular formula is C23H31N3O5S. The van der Waals surface area contributed by atoms with Gasteiger partial charge in [0, 0.05) is 23.2 Å². The van der Waals surface area contributed by atoms with Crippen LogP contribution in [0.15, 0.2) is 29.2 Å². The molecule has 1 aromatic carbocycles. The Morgan fingerprint density at radius 1 is 1.22 bits per heavy atom. The first kappa shape index (κ1) is 24.1. The van der Waals surface area contributed by atoms with Crippen molar-refractivity contribution < 1.29 is 23.9 Å². The van der Waals surface area contributed by atoms with E-state index in [1.807, 2.05) is 11.8 Å². The highest BCUT2D eigenvalue weighted by atomic mass is 32.2. The zero-order valence-electron chi connectivity index (χ0n) is 18.8. The minimum Gasteiger partial charge on any atom is -0.449 e.